The van der Waals surface area contributed by atoms with Crippen LogP contribution in [0, 0.1) is 0 Å². The third-order valence-electron chi connectivity index (χ3n) is 4.51. The molecular formula is C20H42ClP. The third-order valence-corrected chi connectivity index (χ3v) is 7.13. The summed E-state index contributed by atoms with van der Waals surface area (Å²) in [7, 11) is -0.169. The summed E-state index contributed by atoms with van der Waals surface area (Å²) in [6, 6.07) is 0. The zero-order valence-corrected chi connectivity index (χ0v) is 17.2. The van der Waals surface area contributed by atoms with Crippen molar-refractivity contribution in [1.82, 2.24) is 0 Å². The molecule has 0 amide bonds. The molecule has 0 aliphatic heterocycles. The Labute approximate surface area is 147 Å². The van der Waals surface area contributed by atoms with E-state index in [4.69, 9.17) is 11.2 Å². The molecule has 0 saturated carbocycles. The first-order valence-corrected chi connectivity index (χ1v) is 12.8. The Morgan fingerprint density at radius 2 is 0.727 bits per heavy atom. The number of hydrogen-bond acceptors (Lipinski definition) is 0. The Morgan fingerprint density at radius 1 is 0.455 bits per heavy atom. The zero-order chi connectivity index (χ0) is 16.3. The Bertz CT molecular complexity index is 176. The van der Waals surface area contributed by atoms with E-state index in [-0.39, 0.29) is 7.27 Å². The predicted octanol–water partition coefficient (Wildman–Crippen LogP) is 8.90. The summed E-state index contributed by atoms with van der Waals surface area (Å²) in [5, 5.41) is 0. The van der Waals surface area contributed by atoms with Crippen LogP contribution in [0.3, 0.4) is 0 Å². The summed E-state index contributed by atoms with van der Waals surface area (Å²) < 4.78 is 0. The minimum Gasteiger partial charge on any atom is -0.0964 e. The molecule has 0 heterocycles. The minimum absolute atomic E-state index is 0.169. The lowest BCUT2D eigenvalue weighted by Gasteiger charge is -2.09. The highest BCUT2D eigenvalue weighted by atomic mass is 35.7. The molecule has 0 spiro atoms. The van der Waals surface area contributed by atoms with Crippen LogP contribution in [0.25, 0.3) is 0 Å². The molecule has 0 nitrogen and oxygen atoms in total. The Morgan fingerprint density at radius 3 is 1.05 bits per heavy atom. The van der Waals surface area contributed by atoms with Gasteiger partial charge in [0, 0.05) is 0 Å². The molecule has 0 aromatic carbocycles. The molecule has 0 bridgehead atoms. The topological polar surface area (TPSA) is 0 Å². The van der Waals surface area contributed by atoms with Crippen LogP contribution in [-0.2, 0) is 0 Å². The Hall–Kier alpha value is 0.720. The summed E-state index contributed by atoms with van der Waals surface area (Å²) in [5.41, 5.74) is 0. The van der Waals surface area contributed by atoms with Crippen molar-refractivity contribution in [3.8, 4) is 0 Å². The summed E-state index contributed by atoms with van der Waals surface area (Å²) in [5.74, 6) is 0. The molecule has 0 aromatic rings. The fraction of sp³-hybridized carbons (Fsp3) is 1.00. The van der Waals surface area contributed by atoms with Crippen molar-refractivity contribution in [2.75, 3.05) is 12.3 Å². The fourth-order valence-electron chi connectivity index (χ4n) is 2.95. The molecule has 134 valence electrons. The lowest BCUT2D eigenvalue weighted by atomic mass is 10.1. The van der Waals surface area contributed by atoms with E-state index in [1.165, 1.54) is 115 Å². The maximum Gasteiger partial charge on any atom is -0.00973 e. The molecule has 0 N–H and O–H groups in total. The van der Waals surface area contributed by atoms with E-state index in [1.807, 2.05) is 0 Å². The van der Waals surface area contributed by atoms with Crippen LogP contribution in [0.5, 0.6) is 0 Å². The quantitative estimate of drug-likeness (QED) is 0.171. The molecule has 2 heteroatoms. The largest absolute Gasteiger partial charge is 0.0964 e. The van der Waals surface area contributed by atoms with Crippen LogP contribution in [-0.4, -0.2) is 12.3 Å². The van der Waals surface area contributed by atoms with Crippen LogP contribution >= 0.6 is 18.5 Å². The van der Waals surface area contributed by atoms with Gasteiger partial charge in [0.1, 0.15) is 0 Å². The highest BCUT2D eigenvalue weighted by molar-refractivity contribution is 7.83. The molecule has 0 fully saturated rings. The van der Waals surface area contributed by atoms with Gasteiger partial charge in [-0.05, 0) is 32.4 Å². The van der Waals surface area contributed by atoms with E-state index in [0.717, 1.165) is 0 Å². The van der Waals surface area contributed by atoms with Crippen LogP contribution in [0.15, 0.2) is 0 Å². The standard InChI is InChI=1S/C20H42ClP/c1-3-5-7-9-11-13-15-17-19-22(21)20-18-16-14-12-10-8-6-4-2/h3-20H2,1-2H3. The molecule has 0 aromatic heterocycles. The second-order valence-electron chi connectivity index (χ2n) is 6.86. The average Bonchev–Trinajstić information content (AvgIpc) is 2.52. The smallest absolute Gasteiger partial charge is 0.00973 e. The van der Waals surface area contributed by atoms with Crippen molar-refractivity contribution in [2.24, 2.45) is 0 Å². The van der Waals surface area contributed by atoms with Crippen molar-refractivity contribution >= 4 is 18.5 Å². The van der Waals surface area contributed by atoms with E-state index in [1.54, 1.807) is 0 Å². The van der Waals surface area contributed by atoms with E-state index < -0.39 is 0 Å². The second kappa shape index (κ2) is 19.8. The van der Waals surface area contributed by atoms with Crippen molar-refractivity contribution in [3.63, 3.8) is 0 Å². The fourth-order valence-corrected chi connectivity index (χ4v) is 5.02. The summed E-state index contributed by atoms with van der Waals surface area (Å²) in [6.45, 7) is 4.57. The Balaban J connectivity index is 3.11. The monoisotopic (exact) mass is 348 g/mol. The first kappa shape index (κ1) is 22.7. The van der Waals surface area contributed by atoms with Crippen LogP contribution in [0.2, 0.25) is 0 Å². The molecule has 0 saturated heterocycles. The van der Waals surface area contributed by atoms with Gasteiger partial charge in [-0.3, -0.25) is 0 Å². The van der Waals surface area contributed by atoms with Gasteiger partial charge in [0.25, 0.3) is 0 Å². The summed E-state index contributed by atoms with van der Waals surface area (Å²) in [4.78, 5) is 0. The zero-order valence-electron chi connectivity index (χ0n) is 15.6. The van der Waals surface area contributed by atoms with Gasteiger partial charge in [-0.25, -0.2) is 0 Å². The highest BCUT2D eigenvalue weighted by Crippen LogP contribution is 2.43. The minimum atomic E-state index is -0.169. The van der Waals surface area contributed by atoms with Gasteiger partial charge in [-0.2, -0.15) is 0 Å². The summed E-state index contributed by atoms with van der Waals surface area (Å²) in [6.07, 6.45) is 25.3. The molecule has 0 unspecified atom stereocenters. The van der Waals surface area contributed by atoms with Crippen molar-refractivity contribution < 1.29 is 0 Å². The van der Waals surface area contributed by atoms with Crippen molar-refractivity contribution in [1.29, 1.82) is 0 Å². The molecule has 0 rings (SSSR count). The molecule has 22 heavy (non-hydrogen) atoms. The SMILES string of the molecule is CCCCCCCCCCP(Cl)CCCCCCCCCC. The lowest BCUT2D eigenvalue weighted by Crippen LogP contribution is -1.88. The Kier molecular flexibility index (Phi) is 20.4. The van der Waals surface area contributed by atoms with Crippen LogP contribution < -0.4 is 0 Å². The lowest BCUT2D eigenvalue weighted by molar-refractivity contribution is 0.584. The summed E-state index contributed by atoms with van der Waals surface area (Å²) >= 11 is 6.51. The number of hydrogen-bond donors (Lipinski definition) is 0. The van der Waals surface area contributed by atoms with Crippen LogP contribution in [0.4, 0.5) is 0 Å². The van der Waals surface area contributed by atoms with Gasteiger partial charge in [0.05, 0.1) is 0 Å². The number of halogens is 1. The van der Waals surface area contributed by atoms with Gasteiger partial charge in [-0.15, -0.1) is 0 Å². The van der Waals surface area contributed by atoms with E-state index in [9.17, 15) is 0 Å². The van der Waals surface area contributed by atoms with E-state index in [2.05, 4.69) is 13.8 Å². The number of rotatable bonds is 18. The highest BCUT2D eigenvalue weighted by Gasteiger charge is 2.03. The van der Waals surface area contributed by atoms with E-state index in [0.29, 0.717) is 0 Å². The molecular weight excluding hydrogens is 307 g/mol. The van der Waals surface area contributed by atoms with Crippen molar-refractivity contribution in [3.05, 3.63) is 0 Å². The molecule has 0 aliphatic rings. The normalized spacial score (nSPS) is 11.5. The van der Waals surface area contributed by atoms with Crippen LogP contribution in [0.1, 0.15) is 117 Å². The molecule has 0 radical (unpaired) electrons. The van der Waals surface area contributed by atoms with Gasteiger partial charge in [0.15, 0.2) is 0 Å². The van der Waals surface area contributed by atoms with E-state index >= 15 is 0 Å². The first-order valence-electron chi connectivity index (χ1n) is 10.2. The van der Waals surface area contributed by atoms with Gasteiger partial charge < -0.3 is 0 Å². The van der Waals surface area contributed by atoms with Gasteiger partial charge in [-0.1, -0.05) is 115 Å². The first-order chi connectivity index (χ1) is 10.8. The second-order valence-corrected chi connectivity index (χ2v) is 10.1. The molecule has 0 atom stereocenters. The van der Waals surface area contributed by atoms with Gasteiger partial charge in [0.2, 0.25) is 0 Å². The molecule has 0 aliphatic carbocycles. The van der Waals surface area contributed by atoms with Crippen molar-refractivity contribution in [2.45, 2.75) is 117 Å². The number of unbranched alkanes of at least 4 members (excludes halogenated alkanes) is 14. The maximum atomic E-state index is 6.51. The average molecular weight is 349 g/mol. The predicted molar refractivity (Wildman–Crippen MR) is 108 cm³/mol. The maximum absolute atomic E-state index is 6.51. The van der Waals surface area contributed by atoms with Gasteiger partial charge >= 0.3 is 0 Å². The third kappa shape index (κ3) is 18.8.